The van der Waals surface area contributed by atoms with Crippen LogP contribution in [0, 0.1) is 0 Å². The van der Waals surface area contributed by atoms with E-state index in [0.717, 1.165) is 4.90 Å². The molecule has 0 aliphatic carbocycles. The van der Waals surface area contributed by atoms with Crippen LogP contribution in [-0.4, -0.2) is 47.4 Å². The van der Waals surface area contributed by atoms with Crippen molar-refractivity contribution in [1.29, 1.82) is 0 Å². The zero-order valence-corrected chi connectivity index (χ0v) is 11.2. The zero-order chi connectivity index (χ0) is 14.6. The van der Waals surface area contributed by atoms with Crippen molar-refractivity contribution in [3.05, 3.63) is 0 Å². The van der Waals surface area contributed by atoms with E-state index in [1.165, 1.54) is 13.8 Å². The molecule has 0 saturated carbocycles. The Bertz CT molecular complexity index is 405. The number of hydrogen-bond acceptors (Lipinski definition) is 6. The van der Waals surface area contributed by atoms with Crippen LogP contribution in [-0.2, 0) is 28.7 Å². The Morgan fingerprint density at radius 3 is 2.42 bits per heavy atom. The Hall–Kier alpha value is -1.92. The summed E-state index contributed by atoms with van der Waals surface area (Å²) >= 11 is 0. The van der Waals surface area contributed by atoms with Crippen molar-refractivity contribution in [2.45, 2.75) is 45.8 Å². The number of hydrogen-bond donors (Lipinski definition) is 0. The normalized spacial score (nSPS) is 20.4. The number of ether oxygens (including phenoxy) is 2. The second-order valence-electron chi connectivity index (χ2n) is 4.27. The molecule has 1 fully saturated rings. The van der Waals surface area contributed by atoms with E-state index in [9.17, 15) is 19.2 Å². The summed E-state index contributed by atoms with van der Waals surface area (Å²) in [6, 6.07) is -0.524. The van der Waals surface area contributed by atoms with Gasteiger partial charge >= 0.3 is 11.9 Å². The van der Waals surface area contributed by atoms with Gasteiger partial charge in [-0.05, 0) is 6.42 Å². The molecule has 0 spiro atoms. The van der Waals surface area contributed by atoms with Crippen molar-refractivity contribution in [3.63, 3.8) is 0 Å². The smallest absolute Gasteiger partial charge is 0.303 e. The van der Waals surface area contributed by atoms with E-state index in [2.05, 4.69) is 0 Å². The Morgan fingerprint density at radius 2 is 1.95 bits per heavy atom. The Labute approximate surface area is 110 Å². The van der Waals surface area contributed by atoms with Crippen molar-refractivity contribution in [3.8, 4) is 0 Å². The molecule has 2 amide bonds. The zero-order valence-electron chi connectivity index (χ0n) is 11.2. The van der Waals surface area contributed by atoms with Gasteiger partial charge in [-0.15, -0.1) is 0 Å². The minimum Gasteiger partial charge on any atom is -0.464 e. The number of rotatable bonds is 5. The molecule has 1 rings (SSSR count). The summed E-state index contributed by atoms with van der Waals surface area (Å²) < 4.78 is 9.61. The van der Waals surface area contributed by atoms with Crippen LogP contribution >= 0.6 is 0 Å². The lowest BCUT2D eigenvalue weighted by molar-refractivity contribution is -0.157. The third-order valence-electron chi connectivity index (χ3n) is 2.77. The molecular formula is C12H17NO6. The molecule has 1 aliphatic heterocycles. The Kier molecular flexibility index (Phi) is 5.02. The first kappa shape index (κ1) is 15.1. The predicted octanol–water partition coefficient (Wildman–Crippen LogP) is 0.0187. The van der Waals surface area contributed by atoms with Crippen molar-refractivity contribution >= 4 is 23.8 Å². The van der Waals surface area contributed by atoms with E-state index in [1.807, 2.05) is 0 Å². The third-order valence-corrected chi connectivity index (χ3v) is 2.77. The highest BCUT2D eigenvalue weighted by atomic mass is 16.6. The van der Waals surface area contributed by atoms with Crippen LogP contribution in [0.1, 0.15) is 33.6 Å². The van der Waals surface area contributed by atoms with Gasteiger partial charge in [-0.1, -0.05) is 6.92 Å². The van der Waals surface area contributed by atoms with E-state index in [1.54, 1.807) is 6.92 Å². The first-order valence-electron chi connectivity index (χ1n) is 6.03. The molecule has 1 unspecified atom stereocenters. The molecule has 7 heteroatoms. The maximum absolute atomic E-state index is 12.0. The molecule has 0 bridgehead atoms. The molecule has 0 N–H and O–H groups in total. The molecule has 1 saturated heterocycles. The van der Waals surface area contributed by atoms with Crippen LogP contribution in [0.25, 0.3) is 0 Å². The van der Waals surface area contributed by atoms with Crippen molar-refractivity contribution < 1.29 is 28.7 Å². The first-order valence-corrected chi connectivity index (χ1v) is 6.03. The lowest BCUT2D eigenvalue weighted by Gasteiger charge is -2.24. The summed E-state index contributed by atoms with van der Waals surface area (Å²) in [5.41, 5.74) is 0. The number of carbonyl (C=O) groups excluding carboxylic acids is 4. The van der Waals surface area contributed by atoms with Gasteiger partial charge < -0.3 is 9.47 Å². The predicted molar refractivity (Wildman–Crippen MR) is 62.7 cm³/mol. The molecule has 2 atom stereocenters. The van der Waals surface area contributed by atoms with Crippen molar-refractivity contribution in [2.75, 3.05) is 6.61 Å². The van der Waals surface area contributed by atoms with E-state index in [0.29, 0.717) is 6.42 Å². The maximum Gasteiger partial charge on any atom is 0.303 e. The molecule has 7 nitrogen and oxygen atoms in total. The monoisotopic (exact) mass is 271 g/mol. The van der Waals surface area contributed by atoms with Gasteiger partial charge in [0.15, 0.2) is 6.10 Å². The number of nitrogens with zero attached hydrogens (tertiary/aromatic N) is 1. The second-order valence-corrected chi connectivity index (χ2v) is 4.27. The average molecular weight is 271 g/mol. The highest BCUT2D eigenvalue weighted by molar-refractivity contribution is 6.06. The minimum absolute atomic E-state index is 0.0455. The van der Waals surface area contributed by atoms with Gasteiger partial charge in [-0.3, -0.25) is 24.1 Å². The van der Waals surface area contributed by atoms with Crippen LogP contribution in [0.15, 0.2) is 0 Å². The molecule has 0 radical (unpaired) electrons. The quantitative estimate of drug-likeness (QED) is 0.517. The number of esters is 2. The summed E-state index contributed by atoms with van der Waals surface area (Å²) in [5.74, 6) is -2.07. The second kappa shape index (κ2) is 6.31. The lowest BCUT2D eigenvalue weighted by Crippen LogP contribution is -2.44. The van der Waals surface area contributed by atoms with Crippen LogP contribution in [0.4, 0.5) is 0 Å². The summed E-state index contributed by atoms with van der Waals surface area (Å²) in [4.78, 5) is 46.4. The summed E-state index contributed by atoms with van der Waals surface area (Å²) in [5, 5.41) is 0. The van der Waals surface area contributed by atoms with Gasteiger partial charge in [-0.25, -0.2) is 0 Å². The van der Waals surface area contributed by atoms with Crippen molar-refractivity contribution in [1.82, 2.24) is 4.90 Å². The molecule has 1 aliphatic rings. The fourth-order valence-electron chi connectivity index (χ4n) is 1.89. The van der Waals surface area contributed by atoms with Gasteiger partial charge in [0.25, 0.3) is 5.91 Å². The van der Waals surface area contributed by atoms with Crippen molar-refractivity contribution in [2.24, 2.45) is 0 Å². The van der Waals surface area contributed by atoms with E-state index < -0.39 is 35.9 Å². The number of carbonyl (C=O) groups is 4. The minimum atomic E-state index is -1.06. The number of imide groups is 1. The SMILES string of the molecule is CCC(COC(C)=O)N1C(=O)C[C@H](OC(C)=O)C1=O. The molecular weight excluding hydrogens is 254 g/mol. The number of amides is 2. The van der Waals surface area contributed by atoms with Gasteiger partial charge in [0.1, 0.15) is 6.61 Å². The van der Waals surface area contributed by atoms with Crippen LogP contribution < -0.4 is 0 Å². The lowest BCUT2D eigenvalue weighted by atomic mass is 10.2. The van der Waals surface area contributed by atoms with Gasteiger partial charge in [0, 0.05) is 13.8 Å². The highest BCUT2D eigenvalue weighted by Crippen LogP contribution is 2.21. The van der Waals surface area contributed by atoms with Crippen LogP contribution in [0.2, 0.25) is 0 Å². The third kappa shape index (κ3) is 3.77. The fraction of sp³-hybridized carbons (Fsp3) is 0.667. The molecule has 0 aromatic heterocycles. The highest BCUT2D eigenvalue weighted by Gasteiger charge is 2.44. The number of likely N-dealkylation sites (tertiary alicyclic amines) is 1. The fourth-order valence-corrected chi connectivity index (χ4v) is 1.89. The summed E-state index contributed by atoms with van der Waals surface area (Å²) in [7, 11) is 0. The van der Waals surface area contributed by atoms with Crippen LogP contribution in [0.3, 0.4) is 0 Å². The van der Waals surface area contributed by atoms with Gasteiger partial charge in [0.05, 0.1) is 12.5 Å². The van der Waals surface area contributed by atoms with E-state index in [-0.39, 0.29) is 13.0 Å². The largest absolute Gasteiger partial charge is 0.464 e. The molecule has 0 aromatic carbocycles. The van der Waals surface area contributed by atoms with Crippen LogP contribution in [0.5, 0.6) is 0 Å². The van der Waals surface area contributed by atoms with Gasteiger partial charge in [-0.2, -0.15) is 0 Å². The van der Waals surface area contributed by atoms with E-state index >= 15 is 0 Å². The maximum atomic E-state index is 12.0. The molecule has 0 aromatic rings. The average Bonchev–Trinajstić information content (AvgIpc) is 2.56. The first-order chi connectivity index (χ1) is 8.86. The molecule has 106 valence electrons. The standard InChI is InChI=1S/C12H17NO6/c1-4-9(6-18-7(2)14)13-11(16)5-10(12(13)17)19-8(3)15/h9-10H,4-6H2,1-3H3/t9?,10-/m0/s1. The molecule has 19 heavy (non-hydrogen) atoms. The van der Waals surface area contributed by atoms with Gasteiger partial charge in [0.2, 0.25) is 5.91 Å². The Morgan fingerprint density at radius 1 is 1.32 bits per heavy atom. The Balaban J connectivity index is 2.74. The topological polar surface area (TPSA) is 90.0 Å². The summed E-state index contributed by atoms with van der Waals surface area (Å²) in [6.45, 7) is 4.16. The van der Waals surface area contributed by atoms with E-state index in [4.69, 9.17) is 9.47 Å². The molecule has 1 heterocycles. The summed E-state index contributed by atoms with van der Waals surface area (Å²) in [6.07, 6.45) is -0.761.